The Labute approximate surface area is 115 Å². The summed E-state index contributed by atoms with van der Waals surface area (Å²) in [5, 5.41) is 14.3. The van der Waals surface area contributed by atoms with Crippen LogP contribution < -0.4 is 10.2 Å². The number of para-hydroxylation sites is 1. The lowest BCUT2D eigenvalue weighted by atomic mass is 10.0. The van der Waals surface area contributed by atoms with Crippen molar-refractivity contribution < 1.29 is 9.34 Å². The molecule has 1 aliphatic heterocycles. The Kier molecular flexibility index (Phi) is 2.86. The van der Waals surface area contributed by atoms with E-state index < -0.39 is 4.92 Å². The highest BCUT2D eigenvalue weighted by Gasteiger charge is 2.33. The first-order chi connectivity index (χ1) is 9.49. The first-order valence-electron chi connectivity index (χ1n) is 6.51. The SMILES string of the molecule is CC1(C)CNCCN1c1nc2c([N+](=O)[O-])cccc2o1. The Morgan fingerprint density at radius 3 is 3.00 bits per heavy atom. The van der Waals surface area contributed by atoms with Gasteiger partial charge in [0.15, 0.2) is 11.1 Å². The van der Waals surface area contributed by atoms with Crippen LogP contribution in [-0.4, -0.2) is 35.1 Å². The molecule has 7 heteroatoms. The van der Waals surface area contributed by atoms with E-state index in [0.29, 0.717) is 17.1 Å². The molecule has 20 heavy (non-hydrogen) atoms. The number of non-ortho nitro benzene ring substituents is 1. The molecule has 2 heterocycles. The molecule has 1 aliphatic rings. The lowest BCUT2D eigenvalue weighted by molar-refractivity contribution is -0.383. The van der Waals surface area contributed by atoms with Crippen LogP contribution in [0.25, 0.3) is 11.1 Å². The molecule has 0 amide bonds. The van der Waals surface area contributed by atoms with E-state index in [1.54, 1.807) is 12.1 Å². The van der Waals surface area contributed by atoms with Gasteiger partial charge in [-0.1, -0.05) is 6.07 Å². The molecule has 0 unspecified atom stereocenters. The van der Waals surface area contributed by atoms with Crippen LogP contribution in [0.1, 0.15) is 13.8 Å². The zero-order valence-corrected chi connectivity index (χ0v) is 11.4. The number of nitrogens with one attached hydrogen (secondary N) is 1. The number of nitro groups is 1. The summed E-state index contributed by atoms with van der Waals surface area (Å²) in [6, 6.07) is 5.20. The van der Waals surface area contributed by atoms with Crippen molar-refractivity contribution in [2.45, 2.75) is 19.4 Å². The zero-order chi connectivity index (χ0) is 14.3. The second kappa shape index (κ2) is 4.45. The van der Waals surface area contributed by atoms with E-state index in [-0.39, 0.29) is 11.2 Å². The minimum absolute atomic E-state index is 0.0227. The molecule has 0 radical (unpaired) electrons. The van der Waals surface area contributed by atoms with Crippen molar-refractivity contribution in [1.29, 1.82) is 0 Å². The number of aromatic nitrogens is 1. The summed E-state index contributed by atoms with van der Waals surface area (Å²) >= 11 is 0. The molecule has 0 bridgehead atoms. The Morgan fingerprint density at radius 1 is 1.50 bits per heavy atom. The number of fused-ring (bicyclic) bond motifs is 1. The Hall–Kier alpha value is -2.15. The van der Waals surface area contributed by atoms with Crippen molar-refractivity contribution in [3.8, 4) is 0 Å². The van der Waals surface area contributed by atoms with Crippen LogP contribution in [0.2, 0.25) is 0 Å². The third kappa shape index (κ3) is 2.00. The predicted octanol–water partition coefficient (Wildman–Crippen LogP) is 1.92. The maximum absolute atomic E-state index is 11.0. The van der Waals surface area contributed by atoms with Gasteiger partial charge >= 0.3 is 0 Å². The van der Waals surface area contributed by atoms with Crippen molar-refractivity contribution in [3.05, 3.63) is 28.3 Å². The minimum atomic E-state index is -0.433. The molecule has 1 N–H and O–H groups in total. The van der Waals surface area contributed by atoms with Gasteiger partial charge in [0.05, 0.1) is 10.5 Å². The van der Waals surface area contributed by atoms with Crippen molar-refractivity contribution >= 4 is 22.8 Å². The number of rotatable bonds is 2. The topological polar surface area (TPSA) is 84.4 Å². The van der Waals surface area contributed by atoms with E-state index in [1.807, 2.05) is 4.90 Å². The van der Waals surface area contributed by atoms with Crippen molar-refractivity contribution in [1.82, 2.24) is 10.3 Å². The molecule has 0 saturated carbocycles. The first kappa shape index (κ1) is 12.9. The lowest BCUT2D eigenvalue weighted by Crippen LogP contribution is -2.58. The summed E-state index contributed by atoms with van der Waals surface area (Å²) in [4.78, 5) is 17.0. The van der Waals surface area contributed by atoms with Gasteiger partial charge in [-0.25, -0.2) is 0 Å². The molecule has 0 aliphatic carbocycles. The zero-order valence-electron chi connectivity index (χ0n) is 11.4. The molecular weight excluding hydrogens is 260 g/mol. The van der Waals surface area contributed by atoms with Gasteiger partial charge in [0.25, 0.3) is 11.7 Å². The molecule has 1 fully saturated rings. The standard InChI is InChI=1S/C13H16N4O3/c1-13(2)8-14-6-7-16(13)12-15-11-9(17(18)19)4-3-5-10(11)20-12/h3-5,14H,6-8H2,1-2H3. The smallest absolute Gasteiger partial charge is 0.299 e. The number of nitro benzene ring substituents is 1. The Morgan fingerprint density at radius 2 is 2.30 bits per heavy atom. The van der Waals surface area contributed by atoms with Crippen LogP contribution in [0.4, 0.5) is 11.7 Å². The molecule has 1 aromatic carbocycles. The molecular formula is C13H16N4O3. The molecule has 1 aromatic heterocycles. The number of nitrogens with zero attached hydrogens (tertiary/aromatic N) is 3. The number of hydrogen-bond acceptors (Lipinski definition) is 6. The number of oxazole rings is 1. The van der Waals surface area contributed by atoms with E-state index >= 15 is 0 Å². The second-order valence-corrected chi connectivity index (χ2v) is 5.52. The van der Waals surface area contributed by atoms with Gasteiger partial charge in [0, 0.05) is 25.7 Å². The molecule has 0 atom stereocenters. The summed E-state index contributed by atoms with van der Waals surface area (Å²) in [6.07, 6.45) is 0. The average molecular weight is 276 g/mol. The molecule has 106 valence electrons. The molecule has 0 spiro atoms. The Balaban J connectivity index is 2.09. The van der Waals surface area contributed by atoms with E-state index in [9.17, 15) is 10.1 Å². The van der Waals surface area contributed by atoms with E-state index in [4.69, 9.17) is 4.42 Å². The van der Waals surface area contributed by atoms with Crippen LogP contribution in [-0.2, 0) is 0 Å². The fourth-order valence-electron chi connectivity index (χ4n) is 2.52. The van der Waals surface area contributed by atoms with Crippen LogP contribution in [0, 0.1) is 10.1 Å². The van der Waals surface area contributed by atoms with Crippen molar-refractivity contribution in [2.75, 3.05) is 24.5 Å². The maximum Gasteiger partial charge on any atom is 0.299 e. The second-order valence-electron chi connectivity index (χ2n) is 5.52. The maximum atomic E-state index is 11.0. The monoisotopic (exact) mass is 276 g/mol. The van der Waals surface area contributed by atoms with Gasteiger partial charge in [-0.3, -0.25) is 10.1 Å². The Bertz CT molecular complexity index is 665. The van der Waals surface area contributed by atoms with Crippen molar-refractivity contribution in [3.63, 3.8) is 0 Å². The predicted molar refractivity (Wildman–Crippen MR) is 75.0 cm³/mol. The molecule has 3 rings (SSSR count). The number of piperazine rings is 1. The summed E-state index contributed by atoms with van der Waals surface area (Å²) in [6.45, 7) is 6.58. The van der Waals surface area contributed by atoms with Crippen molar-refractivity contribution in [2.24, 2.45) is 0 Å². The highest BCUT2D eigenvalue weighted by molar-refractivity contribution is 5.84. The highest BCUT2D eigenvalue weighted by Crippen LogP contribution is 2.32. The van der Waals surface area contributed by atoms with E-state index in [1.165, 1.54) is 6.07 Å². The minimum Gasteiger partial charge on any atom is -0.423 e. The normalized spacial score (nSPS) is 18.4. The van der Waals surface area contributed by atoms with Crippen LogP contribution in [0.15, 0.2) is 22.6 Å². The third-order valence-corrected chi connectivity index (χ3v) is 3.61. The van der Waals surface area contributed by atoms with Gasteiger partial charge in [0.1, 0.15) is 0 Å². The quantitative estimate of drug-likeness (QED) is 0.666. The molecule has 1 saturated heterocycles. The number of hydrogen-bond donors (Lipinski definition) is 1. The van der Waals surface area contributed by atoms with Crippen LogP contribution >= 0.6 is 0 Å². The highest BCUT2D eigenvalue weighted by atomic mass is 16.6. The summed E-state index contributed by atoms with van der Waals surface area (Å²) in [7, 11) is 0. The van der Waals surface area contributed by atoms with Gasteiger partial charge in [-0.15, -0.1) is 0 Å². The number of anilines is 1. The fraction of sp³-hybridized carbons (Fsp3) is 0.462. The van der Waals surface area contributed by atoms with Crippen LogP contribution in [0.3, 0.4) is 0 Å². The third-order valence-electron chi connectivity index (χ3n) is 3.61. The van der Waals surface area contributed by atoms with Gasteiger partial charge in [0.2, 0.25) is 0 Å². The fourth-order valence-corrected chi connectivity index (χ4v) is 2.52. The van der Waals surface area contributed by atoms with Crippen LogP contribution in [0.5, 0.6) is 0 Å². The van der Waals surface area contributed by atoms with E-state index in [0.717, 1.165) is 19.6 Å². The average Bonchev–Trinajstić information content (AvgIpc) is 2.80. The summed E-state index contributed by atoms with van der Waals surface area (Å²) in [5.41, 5.74) is 0.587. The number of benzene rings is 1. The van der Waals surface area contributed by atoms with Gasteiger partial charge in [-0.05, 0) is 19.9 Å². The lowest BCUT2D eigenvalue weighted by Gasteiger charge is -2.41. The van der Waals surface area contributed by atoms with E-state index in [2.05, 4.69) is 24.1 Å². The summed E-state index contributed by atoms with van der Waals surface area (Å²) in [5.74, 6) is 0. The van der Waals surface area contributed by atoms with Gasteiger partial charge in [-0.2, -0.15) is 4.98 Å². The molecule has 2 aromatic rings. The summed E-state index contributed by atoms with van der Waals surface area (Å²) < 4.78 is 5.72. The molecule has 7 nitrogen and oxygen atoms in total. The van der Waals surface area contributed by atoms with Gasteiger partial charge < -0.3 is 14.6 Å². The first-order valence-corrected chi connectivity index (χ1v) is 6.51. The largest absolute Gasteiger partial charge is 0.423 e.